The van der Waals surface area contributed by atoms with Crippen molar-refractivity contribution in [3.63, 3.8) is 0 Å². The van der Waals surface area contributed by atoms with Crippen LogP contribution in [0.1, 0.15) is 28.6 Å². The van der Waals surface area contributed by atoms with E-state index in [2.05, 4.69) is 4.98 Å². The Hall–Kier alpha value is -2.44. The van der Waals surface area contributed by atoms with Crippen LogP contribution in [0.5, 0.6) is 5.75 Å². The molecule has 0 fully saturated rings. The number of ether oxygens (including phenoxy) is 1. The third-order valence-electron chi connectivity index (χ3n) is 4.51. The molecule has 0 radical (unpaired) electrons. The van der Waals surface area contributed by atoms with E-state index in [4.69, 9.17) is 4.74 Å². The molecule has 1 aliphatic rings. The highest BCUT2D eigenvalue weighted by atomic mass is 19.1. The second-order valence-corrected chi connectivity index (χ2v) is 6.02. The number of hydrogen-bond acceptors (Lipinski definition) is 4. The minimum atomic E-state index is -0.740. The topological polar surface area (TPSA) is 67.0 Å². The molecule has 0 spiro atoms. The summed E-state index contributed by atoms with van der Waals surface area (Å²) in [4.78, 5) is 4.45. The number of hydrogen-bond donors (Lipinski definition) is 2. The van der Waals surface area contributed by atoms with Crippen molar-refractivity contribution in [1.82, 2.24) is 9.38 Å². The van der Waals surface area contributed by atoms with E-state index in [9.17, 15) is 14.6 Å². The van der Waals surface area contributed by atoms with Crippen LogP contribution in [0.3, 0.4) is 0 Å². The third kappa shape index (κ3) is 2.26. The van der Waals surface area contributed by atoms with Gasteiger partial charge >= 0.3 is 0 Å². The number of nitrogens with zero attached hydrogens (tertiary/aromatic N) is 2. The first-order chi connectivity index (χ1) is 11.6. The zero-order valence-corrected chi connectivity index (χ0v) is 13.1. The van der Waals surface area contributed by atoms with Crippen molar-refractivity contribution < 1.29 is 19.3 Å². The number of pyridine rings is 1. The Kier molecular flexibility index (Phi) is 3.51. The summed E-state index contributed by atoms with van der Waals surface area (Å²) in [5.74, 6) is 0.135. The second kappa shape index (κ2) is 5.58. The molecule has 2 heterocycles. The van der Waals surface area contributed by atoms with Gasteiger partial charge in [-0.1, -0.05) is 6.07 Å². The molecule has 2 unspecified atom stereocenters. The summed E-state index contributed by atoms with van der Waals surface area (Å²) in [6.45, 7) is 1.69. The maximum atomic E-state index is 13.6. The molecule has 0 aliphatic heterocycles. The van der Waals surface area contributed by atoms with Crippen LogP contribution in [0.25, 0.3) is 5.65 Å². The highest BCUT2D eigenvalue weighted by Gasteiger charge is 2.33. The van der Waals surface area contributed by atoms with Gasteiger partial charge in [0.1, 0.15) is 5.82 Å². The van der Waals surface area contributed by atoms with Gasteiger partial charge in [-0.3, -0.25) is 4.40 Å². The largest absolute Gasteiger partial charge is 0.479 e. The number of benzene rings is 1. The van der Waals surface area contributed by atoms with Gasteiger partial charge in [0.05, 0.1) is 24.1 Å². The first-order valence-electron chi connectivity index (χ1n) is 7.79. The molecule has 4 rings (SSSR count). The Labute approximate surface area is 138 Å². The fourth-order valence-electron chi connectivity index (χ4n) is 3.32. The zero-order chi connectivity index (χ0) is 16.8. The molecule has 1 aromatic carbocycles. The van der Waals surface area contributed by atoms with Crippen molar-refractivity contribution in [2.45, 2.75) is 32.2 Å². The van der Waals surface area contributed by atoms with E-state index < -0.39 is 12.2 Å². The van der Waals surface area contributed by atoms with Crippen LogP contribution < -0.4 is 4.74 Å². The van der Waals surface area contributed by atoms with Gasteiger partial charge < -0.3 is 14.9 Å². The predicted octanol–water partition coefficient (Wildman–Crippen LogP) is 2.31. The Morgan fingerprint density at radius 1 is 1.38 bits per heavy atom. The molecule has 6 heteroatoms. The van der Waals surface area contributed by atoms with Crippen molar-refractivity contribution in [2.24, 2.45) is 0 Å². The quantitative estimate of drug-likeness (QED) is 0.774. The van der Waals surface area contributed by atoms with Crippen LogP contribution in [0.2, 0.25) is 0 Å². The van der Waals surface area contributed by atoms with Gasteiger partial charge in [0, 0.05) is 18.2 Å². The third-order valence-corrected chi connectivity index (χ3v) is 4.51. The number of aryl methyl sites for hydroxylation is 1. The fraction of sp³-hybridized carbons (Fsp3) is 0.278. The van der Waals surface area contributed by atoms with Crippen LogP contribution in [0.4, 0.5) is 4.39 Å². The number of rotatable bonds is 3. The summed E-state index contributed by atoms with van der Waals surface area (Å²) in [6.07, 6.45) is 0.845. The Morgan fingerprint density at radius 3 is 3.00 bits per heavy atom. The van der Waals surface area contributed by atoms with E-state index in [1.807, 2.05) is 6.92 Å². The molecule has 2 N–H and O–H groups in total. The molecule has 3 aromatic rings. The summed E-state index contributed by atoms with van der Waals surface area (Å²) in [5.41, 5.74) is 3.52. The molecule has 5 nitrogen and oxygen atoms in total. The lowest BCUT2D eigenvalue weighted by atomic mass is 10.1. The SMILES string of the molecule is Cc1nc2c(OC3c4cc(F)ccc4CC3O)cccn2c1CO. The molecule has 2 atom stereocenters. The van der Waals surface area contributed by atoms with Crippen molar-refractivity contribution in [3.8, 4) is 5.75 Å². The van der Waals surface area contributed by atoms with Crippen LogP contribution in [0.15, 0.2) is 36.5 Å². The Morgan fingerprint density at radius 2 is 2.21 bits per heavy atom. The standard InChI is InChI=1S/C18H17FN2O3/c1-10-14(9-22)21-6-2-3-16(18(21)20-10)24-17-13-8-12(19)5-4-11(13)7-15(17)23/h2-6,8,15,17,22-23H,7,9H2,1H3. The highest BCUT2D eigenvalue weighted by Crippen LogP contribution is 2.37. The molecule has 0 saturated heterocycles. The molecular weight excluding hydrogens is 311 g/mol. The van der Waals surface area contributed by atoms with Crippen molar-refractivity contribution in [1.29, 1.82) is 0 Å². The summed E-state index contributed by atoms with van der Waals surface area (Å²) >= 11 is 0. The van der Waals surface area contributed by atoms with Crippen LogP contribution in [-0.4, -0.2) is 25.7 Å². The zero-order valence-electron chi connectivity index (χ0n) is 13.1. The number of fused-ring (bicyclic) bond motifs is 2. The number of aliphatic hydroxyl groups excluding tert-OH is 2. The maximum absolute atomic E-state index is 13.6. The molecule has 124 valence electrons. The van der Waals surface area contributed by atoms with Crippen LogP contribution in [-0.2, 0) is 13.0 Å². The summed E-state index contributed by atoms with van der Waals surface area (Å²) in [5, 5.41) is 19.8. The number of halogens is 1. The minimum Gasteiger partial charge on any atom is -0.479 e. The van der Waals surface area contributed by atoms with E-state index in [0.717, 1.165) is 5.56 Å². The number of aromatic nitrogens is 2. The van der Waals surface area contributed by atoms with E-state index in [-0.39, 0.29) is 12.4 Å². The first-order valence-corrected chi connectivity index (χ1v) is 7.79. The number of imidazole rings is 1. The van der Waals surface area contributed by atoms with Crippen molar-refractivity contribution >= 4 is 5.65 Å². The van der Waals surface area contributed by atoms with Gasteiger partial charge in [0.2, 0.25) is 0 Å². The molecule has 1 aliphatic carbocycles. The lowest BCUT2D eigenvalue weighted by Gasteiger charge is -2.19. The van der Waals surface area contributed by atoms with Crippen LogP contribution in [0, 0.1) is 12.7 Å². The predicted molar refractivity (Wildman–Crippen MR) is 85.3 cm³/mol. The van der Waals surface area contributed by atoms with E-state index in [1.165, 1.54) is 12.1 Å². The van der Waals surface area contributed by atoms with E-state index in [1.54, 1.807) is 28.8 Å². The highest BCUT2D eigenvalue weighted by molar-refractivity contribution is 5.56. The first kappa shape index (κ1) is 15.1. The van der Waals surface area contributed by atoms with Gasteiger partial charge in [0.25, 0.3) is 0 Å². The van der Waals surface area contributed by atoms with Crippen LogP contribution >= 0.6 is 0 Å². The van der Waals surface area contributed by atoms with Crippen molar-refractivity contribution in [3.05, 3.63) is 64.9 Å². The summed E-state index contributed by atoms with van der Waals surface area (Å²) in [6, 6.07) is 8.02. The smallest absolute Gasteiger partial charge is 0.180 e. The van der Waals surface area contributed by atoms with E-state index in [0.29, 0.717) is 34.8 Å². The molecule has 24 heavy (non-hydrogen) atoms. The average molecular weight is 328 g/mol. The van der Waals surface area contributed by atoms with Gasteiger partial charge in [-0.25, -0.2) is 9.37 Å². The molecule has 0 saturated carbocycles. The molecule has 2 aromatic heterocycles. The summed E-state index contributed by atoms with van der Waals surface area (Å²) in [7, 11) is 0. The average Bonchev–Trinajstić information content (AvgIpc) is 3.04. The van der Waals surface area contributed by atoms with Gasteiger partial charge in [-0.2, -0.15) is 0 Å². The summed E-state index contributed by atoms with van der Waals surface area (Å²) < 4.78 is 21.4. The Bertz CT molecular complexity index is 922. The lowest BCUT2D eigenvalue weighted by Crippen LogP contribution is -2.19. The maximum Gasteiger partial charge on any atom is 0.180 e. The molecule has 0 bridgehead atoms. The lowest BCUT2D eigenvalue weighted by molar-refractivity contribution is 0.0501. The normalized spacial score (nSPS) is 19.7. The number of aliphatic hydroxyl groups is 2. The minimum absolute atomic E-state index is 0.128. The Balaban J connectivity index is 1.77. The van der Waals surface area contributed by atoms with Gasteiger partial charge in [0.15, 0.2) is 17.5 Å². The second-order valence-electron chi connectivity index (χ2n) is 6.02. The van der Waals surface area contributed by atoms with Gasteiger partial charge in [-0.05, 0) is 36.8 Å². The molecule has 0 amide bonds. The monoisotopic (exact) mass is 328 g/mol. The van der Waals surface area contributed by atoms with Crippen molar-refractivity contribution in [2.75, 3.05) is 0 Å². The fourth-order valence-corrected chi connectivity index (χ4v) is 3.32. The van der Waals surface area contributed by atoms with E-state index >= 15 is 0 Å². The molecular formula is C18H17FN2O3. The van der Waals surface area contributed by atoms with Gasteiger partial charge in [-0.15, -0.1) is 0 Å².